The maximum Gasteiger partial charge on any atom is 0.169 e. The maximum atomic E-state index is 14.2. The normalized spacial score (nSPS) is 13.6. The highest BCUT2D eigenvalue weighted by molar-refractivity contribution is 14.1. The zero-order valence-corrected chi connectivity index (χ0v) is 13.2. The summed E-state index contributed by atoms with van der Waals surface area (Å²) >= 11 is 2.06. The Balaban J connectivity index is 1.78. The van der Waals surface area contributed by atoms with E-state index in [0.717, 1.165) is 28.7 Å². The molecule has 6 heteroatoms. The first kappa shape index (κ1) is 13.0. The number of H-pyrrole nitrogens is 1. The Kier molecular flexibility index (Phi) is 3.06. The molecule has 1 aliphatic carbocycles. The van der Waals surface area contributed by atoms with Gasteiger partial charge >= 0.3 is 0 Å². The number of hydrogen-bond donors (Lipinski definition) is 2. The number of pyridine rings is 1. The maximum absolute atomic E-state index is 14.2. The van der Waals surface area contributed by atoms with Gasteiger partial charge in [0.2, 0.25) is 0 Å². The molecule has 21 heavy (non-hydrogen) atoms. The summed E-state index contributed by atoms with van der Waals surface area (Å²) in [7, 11) is 0. The Hall–Kier alpha value is -1.70. The van der Waals surface area contributed by atoms with Crippen molar-refractivity contribution in [3.63, 3.8) is 0 Å². The minimum Gasteiger partial charge on any atom is -0.337 e. The summed E-state index contributed by atoms with van der Waals surface area (Å²) in [5.41, 5.74) is 4.16. The van der Waals surface area contributed by atoms with Crippen LogP contribution in [0.5, 0.6) is 0 Å². The van der Waals surface area contributed by atoms with Crippen molar-refractivity contribution in [3.8, 4) is 0 Å². The van der Waals surface area contributed by atoms with Crippen LogP contribution in [0.1, 0.15) is 17.5 Å². The minimum atomic E-state index is -0.364. The van der Waals surface area contributed by atoms with E-state index in [2.05, 4.69) is 49.2 Å². The molecule has 0 aliphatic heterocycles. The van der Waals surface area contributed by atoms with Gasteiger partial charge in [-0.25, -0.2) is 9.37 Å². The standard InChI is InChI=1S/C15H12FIN4/c16-11-7-10-13(17)20-21-14(10)19-15(11)18-12-6-2-4-8-3-1-5-9(8)12/h2,4,6-7H,1,3,5H2,(H2,18,19,20,21). The van der Waals surface area contributed by atoms with E-state index >= 15 is 0 Å². The predicted molar refractivity (Wildman–Crippen MR) is 88.3 cm³/mol. The van der Waals surface area contributed by atoms with Gasteiger partial charge in [-0.05, 0) is 65.1 Å². The Labute approximate surface area is 134 Å². The lowest BCUT2D eigenvalue weighted by molar-refractivity contribution is 0.629. The van der Waals surface area contributed by atoms with Crippen molar-refractivity contribution in [1.29, 1.82) is 0 Å². The third kappa shape index (κ3) is 2.17. The molecular weight excluding hydrogens is 382 g/mol. The van der Waals surface area contributed by atoms with Crippen molar-refractivity contribution in [2.45, 2.75) is 19.3 Å². The molecule has 4 nitrogen and oxygen atoms in total. The summed E-state index contributed by atoms with van der Waals surface area (Å²) < 4.78 is 15.0. The van der Waals surface area contributed by atoms with Crippen molar-refractivity contribution in [3.05, 3.63) is 44.9 Å². The second-order valence-corrected chi connectivity index (χ2v) is 6.17. The lowest BCUT2D eigenvalue weighted by Gasteiger charge is -2.11. The Morgan fingerprint density at radius 1 is 1.29 bits per heavy atom. The van der Waals surface area contributed by atoms with Gasteiger partial charge in [-0.15, -0.1) is 0 Å². The van der Waals surface area contributed by atoms with Crippen molar-refractivity contribution < 1.29 is 4.39 Å². The molecule has 0 fully saturated rings. The number of hydrogen-bond acceptors (Lipinski definition) is 3. The highest BCUT2D eigenvalue weighted by Gasteiger charge is 2.17. The van der Waals surface area contributed by atoms with Gasteiger partial charge in [0.25, 0.3) is 0 Å². The molecule has 0 amide bonds. The van der Waals surface area contributed by atoms with E-state index in [1.165, 1.54) is 17.2 Å². The van der Waals surface area contributed by atoms with Crippen molar-refractivity contribution in [1.82, 2.24) is 15.2 Å². The zero-order valence-electron chi connectivity index (χ0n) is 11.1. The number of nitrogens with one attached hydrogen (secondary N) is 2. The number of aromatic nitrogens is 3. The van der Waals surface area contributed by atoms with E-state index in [4.69, 9.17) is 0 Å². The number of fused-ring (bicyclic) bond motifs is 2. The number of aryl methyl sites for hydroxylation is 1. The molecule has 0 spiro atoms. The van der Waals surface area contributed by atoms with Crippen LogP contribution in [-0.4, -0.2) is 15.2 Å². The Bertz CT molecular complexity index is 843. The van der Waals surface area contributed by atoms with Crippen LogP contribution in [0, 0.1) is 9.52 Å². The van der Waals surface area contributed by atoms with E-state index < -0.39 is 0 Å². The topological polar surface area (TPSA) is 53.6 Å². The highest BCUT2D eigenvalue weighted by atomic mass is 127. The van der Waals surface area contributed by atoms with Crippen LogP contribution < -0.4 is 5.32 Å². The molecule has 2 heterocycles. The van der Waals surface area contributed by atoms with E-state index in [0.29, 0.717) is 11.0 Å². The summed E-state index contributed by atoms with van der Waals surface area (Å²) in [5, 5.41) is 10.7. The highest BCUT2D eigenvalue weighted by Crippen LogP contribution is 2.31. The van der Waals surface area contributed by atoms with Gasteiger partial charge in [0, 0.05) is 5.69 Å². The monoisotopic (exact) mass is 394 g/mol. The Morgan fingerprint density at radius 2 is 2.19 bits per heavy atom. The summed E-state index contributed by atoms with van der Waals surface area (Å²) in [6, 6.07) is 7.59. The number of halogens is 2. The van der Waals surface area contributed by atoms with Crippen LogP contribution in [0.2, 0.25) is 0 Å². The zero-order chi connectivity index (χ0) is 14.4. The summed E-state index contributed by atoms with van der Waals surface area (Å²) in [6.07, 6.45) is 3.28. The first-order valence-electron chi connectivity index (χ1n) is 6.80. The fraction of sp³-hybridized carbons (Fsp3) is 0.200. The number of rotatable bonds is 2. The van der Waals surface area contributed by atoms with Crippen LogP contribution in [0.25, 0.3) is 11.0 Å². The molecule has 106 valence electrons. The summed E-state index contributed by atoms with van der Waals surface area (Å²) in [6.45, 7) is 0. The number of nitrogens with zero attached hydrogens (tertiary/aromatic N) is 2. The van der Waals surface area contributed by atoms with Gasteiger partial charge in [-0.2, -0.15) is 5.10 Å². The Morgan fingerprint density at radius 3 is 3.10 bits per heavy atom. The van der Waals surface area contributed by atoms with Gasteiger partial charge < -0.3 is 5.32 Å². The molecule has 0 saturated heterocycles. The molecule has 0 unspecified atom stereocenters. The summed E-state index contributed by atoms with van der Waals surface area (Å²) in [4.78, 5) is 4.31. The minimum absolute atomic E-state index is 0.239. The van der Waals surface area contributed by atoms with Gasteiger partial charge in [-0.3, -0.25) is 5.10 Å². The van der Waals surface area contributed by atoms with E-state index in [1.54, 1.807) is 0 Å². The van der Waals surface area contributed by atoms with Crippen LogP contribution in [0.3, 0.4) is 0 Å². The predicted octanol–water partition coefficient (Wildman–Crippen LogP) is 3.93. The fourth-order valence-electron chi connectivity index (χ4n) is 2.85. The van der Waals surface area contributed by atoms with Crippen molar-refractivity contribution >= 4 is 45.1 Å². The third-order valence-electron chi connectivity index (χ3n) is 3.86. The van der Waals surface area contributed by atoms with Gasteiger partial charge in [0.1, 0.15) is 3.70 Å². The molecule has 2 aromatic heterocycles. The number of aromatic amines is 1. The first-order valence-corrected chi connectivity index (χ1v) is 7.88. The SMILES string of the molecule is Fc1cc2c(I)n[nH]c2nc1Nc1cccc2c1CCC2. The second kappa shape index (κ2) is 4.94. The number of anilines is 2. The molecule has 0 saturated carbocycles. The second-order valence-electron chi connectivity index (χ2n) is 5.15. The van der Waals surface area contributed by atoms with Gasteiger partial charge in [-0.1, -0.05) is 12.1 Å². The molecule has 0 bridgehead atoms. The van der Waals surface area contributed by atoms with Crippen LogP contribution >= 0.6 is 22.6 Å². The average molecular weight is 394 g/mol. The molecule has 0 radical (unpaired) electrons. The quantitative estimate of drug-likeness (QED) is 0.648. The van der Waals surface area contributed by atoms with E-state index in [-0.39, 0.29) is 11.6 Å². The van der Waals surface area contributed by atoms with E-state index in [1.807, 2.05) is 12.1 Å². The van der Waals surface area contributed by atoms with Gasteiger partial charge in [0.05, 0.1) is 5.39 Å². The molecular formula is C15H12FIN4. The lowest BCUT2D eigenvalue weighted by atomic mass is 10.1. The summed E-state index contributed by atoms with van der Waals surface area (Å²) in [5.74, 6) is -0.125. The molecule has 1 aliphatic rings. The van der Waals surface area contributed by atoms with Crippen LogP contribution in [0.15, 0.2) is 24.3 Å². The van der Waals surface area contributed by atoms with E-state index in [9.17, 15) is 4.39 Å². The van der Waals surface area contributed by atoms with Crippen LogP contribution in [-0.2, 0) is 12.8 Å². The average Bonchev–Trinajstić information content (AvgIpc) is 3.08. The first-order chi connectivity index (χ1) is 10.2. The largest absolute Gasteiger partial charge is 0.337 e. The molecule has 1 aromatic carbocycles. The number of benzene rings is 1. The smallest absolute Gasteiger partial charge is 0.169 e. The molecule has 4 rings (SSSR count). The third-order valence-corrected chi connectivity index (χ3v) is 4.68. The molecule has 3 aromatic rings. The van der Waals surface area contributed by atoms with Gasteiger partial charge in [0.15, 0.2) is 17.3 Å². The fourth-order valence-corrected chi connectivity index (χ4v) is 3.38. The van der Waals surface area contributed by atoms with Crippen LogP contribution in [0.4, 0.5) is 15.9 Å². The molecule has 2 N–H and O–H groups in total. The van der Waals surface area contributed by atoms with Crippen molar-refractivity contribution in [2.24, 2.45) is 0 Å². The van der Waals surface area contributed by atoms with Crippen molar-refractivity contribution in [2.75, 3.05) is 5.32 Å². The molecule has 0 atom stereocenters. The lowest BCUT2D eigenvalue weighted by Crippen LogP contribution is -2.00.